The lowest BCUT2D eigenvalue weighted by atomic mass is 9.94. The van der Waals surface area contributed by atoms with Crippen molar-refractivity contribution in [2.24, 2.45) is 0 Å². The molecule has 0 radical (unpaired) electrons. The molecule has 0 atom stereocenters. The molecule has 2 heterocycles. The summed E-state index contributed by atoms with van der Waals surface area (Å²) < 4.78 is 26.8. The van der Waals surface area contributed by atoms with E-state index in [4.69, 9.17) is 0 Å². The van der Waals surface area contributed by atoms with Gasteiger partial charge in [0.25, 0.3) is 0 Å². The van der Waals surface area contributed by atoms with Crippen LogP contribution >= 0.6 is 0 Å². The Hall–Kier alpha value is -1.18. The maximum Gasteiger partial charge on any atom is 0.244 e. The zero-order chi connectivity index (χ0) is 17.8. The van der Waals surface area contributed by atoms with E-state index in [0.29, 0.717) is 25.5 Å². The van der Waals surface area contributed by atoms with Crippen LogP contribution in [0.25, 0.3) is 0 Å². The van der Waals surface area contributed by atoms with Crippen molar-refractivity contribution >= 4 is 15.8 Å². The fourth-order valence-electron chi connectivity index (χ4n) is 3.71. The second-order valence-corrected chi connectivity index (χ2v) is 9.27. The van der Waals surface area contributed by atoms with E-state index in [0.717, 1.165) is 44.9 Å². The van der Waals surface area contributed by atoms with Crippen molar-refractivity contribution in [2.45, 2.75) is 68.3 Å². The average Bonchev–Trinajstić information content (AvgIpc) is 2.86. The number of aromatic nitrogens is 1. The van der Waals surface area contributed by atoms with Gasteiger partial charge in [0.2, 0.25) is 10.0 Å². The summed E-state index contributed by atoms with van der Waals surface area (Å²) in [6.45, 7) is 1.64. The second-order valence-electron chi connectivity index (χ2n) is 7.34. The maximum absolute atomic E-state index is 12.6. The Kier molecular flexibility index (Phi) is 5.96. The van der Waals surface area contributed by atoms with Gasteiger partial charge in [-0.25, -0.2) is 13.4 Å². The number of anilines is 1. The number of hydrogen-bond donors (Lipinski definition) is 2. The quantitative estimate of drug-likeness (QED) is 0.782. The van der Waals surface area contributed by atoms with Crippen molar-refractivity contribution in [3.63, 3.8) is 0 Å². The van der Waals surface area contributed by atoms with E-state index in [1.165, 1.54) is 19.0 Å². The zero-order valence-electron chi connectivity index (χ0n) is 14.8. The van der Waals surface area contributed by atoms with Gasteiger partial charge in [0.1, 0.15) is 10.7 Å². The molecule has 0 amide bonds. The Morgan fingerprint density at radius 1 is 1.04 bits per heavy atom. The summed E-state index contributed by atoms with van der Waals surface area (Å²) in [5, 5.41) is 13.8. The molecule has 3 rings (SSSR count). The summed E-state index contributed by atoms with van der Waals surface area (Å²) in [5.74, 6) is 0.607. The minimum Gasteiger partial charge on any atom is -0.388 e. The molecule has 1 saturated heterocycles. The molecule has 0 spiro atoms. The standard InChI is InChI=1S/C18H29N3O3S/c22-18(10-4-1-2-5-11-18)15-20-17-9-8-16(14-19-17)25(23,24)21-12-6-3-7-13-21/h8-9,14,22H,1-7,10-13,15H2,(H,19,20). The first-order valence-electron chi connectivity index (χ1n) is 9.42. The van der Waals surface area contributed by atoms with E-state index in [1.807, 2.05) is 0 Å². The molecule has 140 valence electrons. The minimum atomic E-state index is -3.44. The van der Waals surface area contributed by atoms with E-state index < -0.39 is 15.6 Å². The van der Waals surface area contributed by atoms with Gasteiger partial charge in [-0.1, -0.05) is 32.1 Å². The van der Waals surface area contributed by atoms with Gasteiger partial charge in [0, 0.05) is 25.8 Å². The Morgan fingerprint density at radius 2 is 1.68 bits per heavy atom. The van der Waals surface area contributed by atoms with E-state index in [-0.39, 0.29) is 4.90 Å². The van der Waals surface area contributed by atoms with E-state index in [9.17, 15) is 13.5 Å². The van der Waals surface area contributed by atoms with Crippen LogP contribution in [0.3, 0.4) is 0 Å². The molecule has 2 N–H and O–H groups in total. The van der Waals surface area contributed by atoms with Crippen LogP contribution in [-0.2, 0) is 10.0 Å². The molecule has 1 aromatic rings. The van der Waals surface area contributed by atoms with Crippen molar-refractivity contribution < 1.29 is 13.5 Å². The molecule has 1 aliphatic carbocycles. The highest BCUT2D eigenvalue weighted by atomic mass is 32.2. The maximum atomic E-state index is 12.6. The molecule has 7 heteroatoms. The number of hydrogen-bond acceptors (Lipinski definition) is 5. The lowest BCUT2D eigenvalue weighted by Gasteiger charge is -2.27. The summed E-state index contributed by atoms with van der Waals surface area (Å²) in [6.07, 6.45) is 10.4. The zero-order valence-corrected chi connectivity index (χ0v) is 15.6. The highest BCUT2D eigenvalue weighted by Gasteiger charge is 2.28. The molecule has 1 aromatic heterocycles. The lowest BCUT2D eigenvalue weighted by Crippen LogP contribution is -2.36. The van der Waals surface area contributed by atoms with Gasteiger partial charge in [-0.15, -0.1) is 0 Å². The molecule has 6 nitrogen and oxygen atoms in total. The summed E-state index contributed by atoms with van der Waals surface area (Å²) in [5.41, 5.74) is -0.684. The van der Waals surface area contributed by atoms with Crippen LogP contribution in [0.2, 0.25) is 0 Å². The van der Waals surface area contributed by atoms with Crippen LogP contribution < -0.4 is 5.32 Å². The van der Waals surface area contributed by atoms with Crippen LogP contribution in [0.4, 0.5) is 5.82 Å². The highest BCUT2D eigenvalue weighted by molar-refractivity contribution is 7.89. The first-order valence-corrected chi connectivity index (χ1v) is 10.9. The molecule has 0 bridgehead atoms. The molecule has 0 unspecified atom stereocenters. The van der Waals surface area contributed by atoms with E-state index in [1.54, 1.807) is 16.4 Å². The summed E-state index contributed by atoms with van der Waals surface area (Å²) in [7, 11) is -3.44. The largest absolute Gasteiger partial charge is 0.388 e. The van der Waals surface area contributed by atoms with Gasteiger partial charge >= 0.3 is 0 Å². The highest BCUT2D eigenvalue weighted by Crippen LogP contribution is 2.27. The predicted octanol–water partition coefficient (Wildman–Crippen LogP) is 2.75. The molecule has 1 saturated carbocycles. The Morgan fingerprint density at radius 3 is 2.28 bits per heavy atom. The fourth-order valence-corrected chi connectivity index (χ4v) is 5.17. The summed E-state index contributed by atoms with van der Waals surface area (Å²) in [4.78, 5) is 4.49. The summed E-state index contributed by atoms with van der Waals surface area (Å²) >= 11 is 0. The third-order valence-corrected chi connectivity index (χ3v) is 7.20. The average molecular weight is 368 g/mol. The van der Waals surface area contributed by atoms with Crippen LogP contribution in [0.15, 0.2) is 23.2 Å². The van der Waals surface area contributed by atoms with Crippen molar-refractivity contribution in [2.75, 3.05) is 25.0 Å². The van der Waals surface area contributed by atoms with Gasteiger partial charge < -0.3 is 10.4 Å². The molecule has 2 fully saturated rings. The third-order valence-electron chi connectivity index (χ3n) is 5.32. The first kappa shape index (κ1) is 18.6. The van der Waals surface area contributed by atoms with Crippen molar-refractivity contribution in [3.05, 3.63) is 18.3 Å². The van der Waals surface area contributed by atoms with E-state index in [2.05, 4.69) is 10.3 Å². The molecule has 2 aliphatic rings. The Bertz CT molecular complexity index is 647. The molecular weight excluding hydrogens is 338 g/mol. The van der Waals surface area contributed by atoms with Crippen LogP contribution in [0, 0.1) is 0 Å². The number of nitrogens with zero attached hydrogens (tertiary/aromatic N) is 2. The van der Waals surface area contributed by atoms with Crippen molar-refractivity contribution in [3.8, 4) is 0 Å². The number of rotatable bonds is 5. The SMILES string of the molecule is O=S(=O)(c1ccc(NCC2(O)CCCCCC2)nc1)N1CCCCC1. The normalized spacial score (nSPS) is 22.3. The molecule has 0 aromatic carbocycles. The van der Waals surface area contributed by atoms with Gasteiger partial charge in [0.15, 0.2) is 0 Å². The van der Waals surface area contributed by atoms with Crippen LogP contribution in [0.1, 0.15) is 57.8 Å². The number of pyridine rings is 1. The van der Waals surface area contributed by atoms with Gasteiger partial charge in [0.05, 0.1) is 5.60 Å². The van der Waals surface area contributed by atoms with Crippen molar-refractivity contribution in [1.82, 2.24) is 9.29 Å². The van der Waals surface area contributed by atoms with Crippen LogP contribution in [0.5, 0.6) is 0 Å². The first-order chi connectivity index (χ1) is 12.0. The number of aliphatic hydroxyl groups is 1. The van der Waals surface area contributed by atoms with Gasteiger partial charge in [-0.3, -0.25) is 0 Å². The molecule has 25 heavy (non-hydrogen) atoms. The molecule has 1 aliphatic heterocycles. The second kappa shape index (κ2) is 8.01. The van der Waals surface area contributed by atoms with E-state index >= 15 is 0 Å². The molecular formula is C18H29N3O3S. The van der Waals surface area contributed by atoms with Crippen LogP contribution in [-0.4, -0.2) is 48.0 Å². The minimum absolute atomic E-state index is 0.244. The fraction of sp³-hybridized carbons (Fsp3) is 0.722. The Balaban J connectivity index is 1.62. The Labute approximate surface area is 150 Å². The summed E-state index contributed by atoms with van der Waals surface area (Å²) in [6, 6.07) is 3.30. The lowest BCUT2D eigenvalue weighted by molar-refractivity contribution is 0.0380. The van der Waals surface area contributed by atoms with Gasteiger partial charge in [-0.2, -0.15) is 4.31 Å². The monoisotopic (exact) mass is 367 g/mol. The number of sulfonamides is 1. The van der Waals surface area contributed by atoms with Gasteiger partial charge in [-0.05, 0) is 37.8 Å². The smallest absolute Gasteiger partial charge is 0.244 e. The number of nitrogens with one attached hydrogen (secondary N) is 1. The third kappa shape index (κ3) is 4.71. The number of piperidine rings is 1. The topological polar surface area (TPSA) is 82.5 Å². The van der Waals surface area contributed by atoms with Crippen molar-refractivity contribution in [1.29, 1.82) is 0 Å². The predicted molar refractivity (Wildman–Crippen MR) is 98.0 cm³/mol.